The molecule has 0 saturated carbocycles. The van der Waals surface area contributed by atoms with E-state index in [9.17, 15) is 4.79 Å². The molecule has 0 bridgehead atoms. The summed E-state index contributed by atoms with van der Waals surface area (Å²) in [5.41, 5.74) is 5.39. The summed E-state index contributed by atoms with van der Waals surface area (Å²) in [4.78, 5) is 17.1. The van der Waals surface area contributed by atoms with Crippen LogP contribution in [0.4, 0.5) is 0 Å². The molecule has 0 fully saturated rings. The molecule has 0 unspecified atom stereocenters. The van der Waals surface area contributed by atoms with Crippen LogP contribution in [0.2, 0.25) is 0 Å². The van der Waals surface area contributed by atoms with Crippen molar-refractivity contribution in [2.45, 2.75) is 6.42 Å². The first-order valence-corrected chi connectivity index (χ1v) is 3.56. The summed E-state index contributed by atoms with van der Waals surface area (Å²) in [5, 5.41) is 0. The predicted octanol–water partition coefficient (Wildman–Crippen LogP) is -0.530. The number of aromatic nitrogens is 2. The monoisotopic (exact) mass is 163 g/mol. The number of nitrogens with one attached hydrogen (secondary N) is 1. The van der Waals surface area contributed by atoms with Crippen LogP contribution in [0, 0.1) is 11.8 Å². The van der Waals surface area contributed by atoms with E-state index in [1.807, 2.05) is 0 Å². The van der Waals surface area contributed by atoms with E-state index in [4.69, 9.17) is 5.73 Å². The highest BCUT2D eigenvalue weighted by atomic mass is 16.1. The van der Waals surface area contributed by atoms with Gasteiger partial charge in [-0.05, 0) is 0 Å². The molecule has 4 nitrogen and oxygen atoms in total. The molecule has 0 radical (unpaired) electrons. The van der Waals surface area contributed by atoms with E-state index in [-0.39, 0.29) is 5.56 Å². The maximum Gasteiger partial charge on any atom is 0.266 e. The molecule has 12 heavy (non-hydrogen) atoms. The molecule has 1 aromatic heterocycles. The minimum absolute atomic E-state index is 0.213. The van der Waals surface area contributed by atoms with E-state index >= 15 is 0 Å². The number of aromatic amines is 1. The number of hydrogen-bond donors (Lipinski definition) is 2. The van der Waals surface area contributed by atoms with Gasteiger partial charge in [0.25, 0.3) is 5.56 Å². The van der Waals surface area contributed by atoms with E-state index in [0.717, 1.165) is 0 Å². The van der Waals surface area contributed by atoms with Gasteiger partial charge in [0, 0.05) is 19.2 Å². The summed E-state index contributed by atoms with van der Waals surface area (Å²) in [5.74, 6) is 5.43. The fraction of sp³-hybridized carbons (Fsp3) is 0.250. The van der Waals surface area contributed by atoms with E-state index in [2.05, 4.69) is 21.8 Å². The number of nitrogens with two attached hydrogens (primary N) is 1. The lowest BCUT2D eigenvalue weighted by Gasteiger charge is -1.85. The zero-order chi connectivity index (χ0) is 8.81. The molecular weight excluding hydrogens is 154 g/mol. The van der Waals surface area contributed by atoms with Gasteiger partial charge >= 0.3 is 0 Å². The summed E-state index contributed by atoms with van der Waals surface area (Å²) in [7, 11) is 0. The largest absolute Gasteiger partial charge is 0.330 e. The summed E-state index contributed by atoms with van der Waals surface area (Å²) in [6.45, 7) is 0.505. The van der Waals surface area contributed by atoms with Gasteiger partial charge in [0.1, 0.15) is 5.56 Å². The summed E-state index contributed by atoms with van der Waals surface area (Å²) in [6.07, 6.45) is 3.35. The zero-order valence-electron chi connectivity index (χ0n) is 6.50. The highest BCUT2D eigenvalue weighted by Crippen LogP contribution is 1.81. The molecule has 1 heterocycles. The van der Waals surface area contributed by atoms with Crippen molar-refractivity contribution in [1.29, 1.82) is 0 Å². The molecule has 4 heteroatoms. The van der Waals surface area contributed by atoms with Crippen LogP contribution >= 0.6 is 0 Å². The van der Waals surface area contributed by atoms with Gasteiger partial charge in [-0.15, -0.1) is 0 Å². The molecular formula is C8H9N3O. The molecule has 0 aromatic carbocycles. The molecule has 1 aromatic rings. The van der Waals surface area contributed by atoms with Crippen LogP contribution in [0.5, 0.6) is 0 Å². The lowest BCUT2D eigenvalue weighted by atomic mass is 10.3. The Kier molecular flexibility index (Phi) is 3.05. The second-order valence-corrected chi connectivity index (χ2v) is 2.13. The van der Waals surface area contributed by atoms with Gasteiger partial charge in [-0.25, -0.2) is 4.98 Å². The van der Waals surface area contributed by atoms with Crippen LogP contribution in [0.3, 0.4) is 0 Å². The minimum Gasteiger partial charge on any atom is -0.330 e. The Labute approximate surface area is 69.8 Å². The Morgan fingerprint density at radius 2 is 2.50 bits per heavy atom. The Bertz CT molecular complexity index is 358. The van der Waals surface area contributed by atoms with Crippen molar-refractivity contribution < 1.29 is 0 Å². The lowest BCUT2D eigenvalue weighted by molar-refractivity contribution is 1.03. The predicted molar refractivity (Wildman–Crippen MR) is 45.4 cm³/mol. The average molecular weight is 163 g/mol. The van der Waals surface area contributed by atoms with E-state index in [0.29, 0.717) is 18.5 Å². The maximum absolute atomic E-state index is 11.0. The number of H-pyrrole nitrogens is 1. The van der Waals surface area contributed by atoms with Crippen LogP contribution in [0.15, 0.2) is 17.3 Å². The molecule has 0 spiro atoms. The Morgan fingerprint density at radius 1 is 1.67 bits per heavy atom. The van der Waals surface area contributed by atoms with Crippen LogP contribution in [0.1, 0.15) is 12.0 Å². The first-order chi connectivity index (χ1) is 5.84. The molecule has 0 atom stereocenters. The topological polar surface area (TPSA) is 71.8 Å². The van der Waals surface area contributed by atoms with Crippen molar-refractivity contribution >= 4 is 0 Å². The van der Waals surface area contributed by atoms with Gasteiger partial charge in [-0.1, -0.05) is 11.8 Å². The Hall–Kier alpha value is -1.60. The number of nitrogens with zero attached hydrogens (tertiary/aromatic N) is 1. The third-order valence-corrected chi connectivity index (χ3v) is 1.21. The van der Waals surface area contributed by atoms with Crippen molar-refractivity contribution in [2.24, 2.45) is 5.73 Å². The first-order valence-electron chi connectivity index (χ1n) is 3.56. The van der Waals surface area contributed by atoms with Gasteiger partial charge in [-0.3, -0.25) is 4.79 Å². The van der Waals surface area contributed by atoms with Gasteiger partial charge in [0.15, 0.2) is 0 Å². The summed E-state index contributed by atoms with van der Waals surface area (Å²) in [6, 6.07) is 0. The van der Waals surface area contributed by atoms with Crippen LogP contribution in [-0.4, -0.2) is 16.5 Å². The molecule has 0 saturated heterocycles. The molecule has 62 valence electrons. The fourth-order valence-corrected chi connectivity index (χ4v) is 0.663. The highest BCUT2D eigenvalue weighted by Gasteiger charge is 1.90. The third kappa shape index (κ3) is 2.22. The van der Waals surface area contributed by atoms with Crippen molar-refractivity contribution in [3.05, 3.63) is 28.4 Å². The zero-order valence-corrected chi connectivity index (χ0v) is 6.50. The molecule has 1 rings (SSSR count). The van der Waals surface area contributed by atoms with Crippen molar-refractivity contribution in [2.75, 3.05) is 6.54 Å². The summed E-state index contributed by atoms with van der Waals surface area (Å²) >= 11 is 0. The van der Waals surface area contributed by atoms with E-state index < -0.39 is 0 Å². The maximum atomic E-state index is 11.0. The van der Waals surface area contributed by atoms with Crippen LogP contribution in [0.25, 0.3) is 0 Å². The Balaban J connectivity index is 2.85. The molecule has 0 aliphatic carbocycles. The smallest absolute Gasteiger partial charge is 0.266 e. The normalized spacial score (nSPS) is 8.75. The second kappa shape index (κ2) is 4.31. The number of hydrogen-bond acceptors (Lipinski definition) is 3. The SMILES string of the molecule is NCCC#Cc1cnc[nH]c1=O. The Morgan fingerprint density at radius 3 is 3.17 bits per heavy atom. The minimum atomic E-state index is -0.213. The van der Waals surface area contributed by atoms with Gasteiger partial charge in [0.05, 0.1) is 6.33 Å². The summed E-state index contributed by atoms with van der Waals surface area (Å²) < 4.78 is 0. The van der Waals surface area contributed by atoms with E-state index in [1.54, 1.807) is 0 Å². The van der Waals surface area contributed by atoms with Gasteiger partial charge in [-0.2, -0.15) is 0 Å². The average Bonchev–Trinajstić information content (AvgIpc) is 2.09. The van der Waals surface area contributed by atoms with Crippen LogP contribution < -0.4 is 11.3 Å². The molecule has 0 amide bonds. The van der Waals surface area contributed by atoms with E-state index in [1.165, 1.54) is 12.5 Å². The second-order valence-electron chi connectivity index (χ2n) is 2.13. The van der Waals surface area contributed by atoms with Crippen molar-refractivity contribution in [3.63, 3.8) is 0 Å². The van der Waals surface area contributed by atoms with Crippen molar-refractivity contribution in [3.8, 4) is 11.8 Å². The quantitative estimate of drug-likeness (QED) is 0.547. The van der Waals surface area contributed by atoms with Crippen LogP contribution in [-0.2, 0) is 0 Å². The third-order valence-electron chi connectivity index (χ3n) is 1.21. The van der Waals surface area contributed by atoms with Gasteiger partial charge < -0.3 is 10.7 Å². The lowest BCUT2D eigenvalue weighted by Crippen LogP contribution is -2.09. The fourth-order valence-electron chi connectivity index (χ4n) is 0.663. The first kappa shape index (κ1) is 8.50. The van der Waals surface area contributed by atoms with Crippen molar-refractivity contribution in [1.82, 2.24) is 9.97 Å². The molecule has 3 N–H and O–H groups in total. The molecule has 0 aliphatic rings. The number of rotatable bonds is 1. The molecule has 0 aliphatic heterocycles. The standard InChI is InChI=1S/C8H9N3O/c9-4-2-1-3-7-5-10-6-11-8(7)12/h5-6H,2,4,9H2,(H,10,11,12). The van der Waals surface area contributed by atoms with Gasteiger partial charge in [0.2, 0.25) is 0 Å². The highest BCUT2D eigenvalue weighted by molar-refractivity contribution is 5.28.